The highest BCUT2D eigenvalue weighted by Crippen LogP contribution is 2.38. The lowest BCUT2D eigenvalue weighted by molar-refractivity contribution is -0.122. The van der Waals surface area contributed by atoms with Gasteiger partial charge in [0, 0.05) is 18.8 Å². The van der Waals surface area contributed by atoms with Crippen LogP contribution < -0.4 is 4.90 Å². The standard InChI is InChI=1S/C29H29N5O/c1-3-5-16-33(17-6-4-2)25-14-12-23(13-15-25)27-26(20-32)28(24(18-30)19-31)34(29(27)35)21-22-10-8-7-9-11-22/h7-15H,3-6,16-17,21H2,1-2H3. The van der Waals surface area contributed by atoms with Gasteiger partial charge in [-0.05, 0) is 36.1 Å². The second-order valence-electron chi connectivity index (χ2n) is 8.43. The molecular formula is C29H29N5O. The van der Waals surface area contributed by atoms with Crippen molar-refractivity contribution in [2.45, 2.75) is 46.1 Å². The molecule has 1 aliphatic rings. The van der Waals surface area contributed by atoms with Crippen molar-refractivity contribution in [3.05, 3.63) is 82.6 Å². The van der Waals surface area contributed by atoms with Gasteiger partial charge in [-0.25, -0.2) is 0 Å². The van der Waals surface area contributed by atoms with E-state index in [2.05, 4.69) is 24.8 Å². The van der Waals surface area contributed by atoms with Crippen molar-refractivity contribution < 1.29 is 4.79 Å². The van der Waals surface area contributed by atoms with Gasteiger partial charge in [-0.2, -0.15) is 15.8 Å². The normalized spacial score (nSPS) is 12.8. The van der Waals surface area contributed by atoms with Crippen molar-refractivity contribution in [3.63, 3.8) is 0 Å². The first-order valence-corrected chi connectivity index (χ1v) is 12.0. The molecule has 0 N–H and O–H groups in total. The summed E-state index contributed by atoms with van der Waals surface area (Å²) < 4.78 is 0. The van der Waals surface area contributed by atoms with E-state index in [1.54, 1.807) is 0 Å². The Hall–Kier alpha value is -4.34. The van der Waals surface area contributed by atoms with E-state index in [1.165, 1.54) is 4.90 Å². The highest BCUT2D eigenvalue weighted by Gasteiger charge is 2.38. The average Bonchev–Trinajstić information content (AvgIpc) is 3.16. The van der Waals surface area contributed by atoms with Crippen molar-refractivity contribution in [2.75, 3.05) is 18.0 Å². The van der Waals surface area contributed by atoms with Crippen LogP contribution in [0.25, 0.3) is 5.57 Å². The lowest BCUT2D eigenvalue weighted by Gasteiger charge is -2.25. The van der Waals surface area contributed by atoms with Crippen LogP contribution in [-0.4, -0.2) is 23.9 Å². The zero-order valence-electron chi connectivity index (χ0n) is 20.3. The fourth-order valence-electron chi connectivity index (χ4n) is 4.19. The Balaban J connectivity index is 2.03. The van der Waals surface area contributed by atoms with Crippen LogP contribution in [0, 0.1) is 34.0 Å². The molecule has 0 saturated heterocycles. The van der Waals surface area contributed by atoms with Crippen LogP contribution in [0.1, 0.15) is 50.7 Å². The third kappa shape index (κ3) is 5.60. The lowest BCUT2D eigenvalue weighted by atomic mass is 9.99. The van der Waals surface area contributed by atoms with Crippen LogP contribution in [0.5, 0.6) is 0 Å². The van der Waals surface area contributed by atoms with Crippen LogP contribution in [0.4, 0.5) is 5.69 Å². The molecule has 0 spiro atoms. The molecule has 0 unspecified atom stereocenters. The third-order valence-corrected chi connectivity index (χ3v) is 6.06. The molecule has 1 amide bonds. The van der Waals surface area contributed by atoms with E-state index in [0.29, 0.717) is 5.56 Å². The summed E-state index contributed by atoms with van der Waals surface area (Å²) in [6.45, 7) is 6.44. The first-order chi connectivity index (χ1) is 17.1. The highest BCUT2D eigenvalue weighted by molar-refractivity contribution is 6.25. The van der Waals surface area contributed by atoms with Crippen LogP contribution in [0.2, 0.25) is 0 Å². The van der Waals surface area contributed by atoms with Gasteiger partial charge in [0.1, 0.15) is 18.2 Å². The molecule has 0 saturated carbocycles. The summed E-state index contributed by atoms with van der Waals surface area (Å²) in [4.78, 5) is 17.3. The molecule has 0 aromatic heterocycles. The van der Waals surface area contributed by atoms with Gasteiger partial charge in [-0.1, -0.05) is 69.2 Å². The Bertz CT molecular complexity index is 1210. The second kappa shape index (κ2) is 12.2. The number of carbonyl (C=O) groups excluding carboxylic acids is 1. The average molecular weight is 464 g/mol. The van der Waals surface area contributed by atoms with Crippen LogP contribution in [0.3, 0.4) is 0 Å². The largest absolute Gasteiger partial charge is 0.372 e. The molecule has 1 aliphatic heterocycles. The summed E-state index contributed by atoms with van der Waals surface area (Å²) in [5.41, 5.74) is 2.63. The molecule has 0 bridgehead atoms. The maximum atomic E-state index is 13.6. The van der Waals surface area contributed by atoms with E-state index in [9.17, 15) is 20.6 Å². The number of allylic oxidation sites excluding steroid dienone is 2. The molecule has 6 heteroatoms. The minimum absolute atomic E-state index is 0.0607. The fourth-order valence-corrected chi connectivity index (χ4v) is 4.19. The first kappa shape index (κ1) is 25.3. The molecule has 176 valence electrons. The van der Waals surface area contributed by atoms with Crippen molar-refractivity contribution in [1.82, 2.24) is 4.90 Å². The topological polar surface area (TPSA) is 94.9 Å². The molecule has 0 aliphatic carbocycles. The lowest BCUT2D eigenvalue weighted by Crippen LogP contribution is -2.26. The van der Waals surface area contributed by atoms with E-state index in [1.807, 2.05) is 66.7 Å². The molecule has 35 heavy (non-hydrogen) atoms. The van der Waals surface area contributed by atoms with Crippen molar-refractivity contribution in [1.29, 1.82) is 15.8 Å². The predicted octanol–water partition coefficient (Wildman–Crippen LogP) is 5.71. The van der Waals surface area contributed by atoms with Gasteiger partial charge in [-0.3, -0.25) is 4.79 Å². The van der Waals surface area contributed by atoms with Crippen molar-refractivity contribution >= 4 is 17.2 Å². The third-order valence-electron chi connectivity index (χ3n) is 6.06. The minimum Gasteiger partial charge on any atom is -0.372 e. The van der Waals surface area contributed by atoms with E-state index >= 15 is 0 Å². The molecule has 0 radical (unpaired) electrons. The smallest absolute Gasteiger partial charge is 0.260 e. The predicted molar refractivity (Wildman–Crippen MR) is 136 cm³/mol. The van der Waals surface area contributed by atoms with Gasteiger partial charge in [-0.15, -0.1) is 0 Å². The second-order valence-corrected chi connectivity index (χ2v) is 8.43. The van der Waals surface area contributed by atoms with Crippen LogP contribution in [-0.2, 0) is 11.3 Å². The molecule has 0 atom stereocenters. The number of hydrogen-bond acceptors (Lipinski definition) is 5. The van der Waals surface area contributed by atoms with Crippen molar-refractivity contribution in [2.24, 2.45) is 0 Å². The van der Waals surface area contributed by atoms with Gasteiger partial charge in [0.05, 0.1) is 23.4 Å². The molecule has 2 aromatic rings. The Kier molecular flexibility index (Phi) is 8.82. The van der Waals surface area contributed by atoms with Gasteiger partial charge in [0.2, 0.25) is 0 Å². The molecule has 2 aromatic carbocycles. The number of nitrogens with zero attached hydrogens (tertiary/aromatic N) is 5. The number of nitriles is 3. The fraction of sp³-hybridized carbons (Fsp3) is 0.310. The molecule has 3 rings (SSSR count). The maximum absolute atomic E-state index is 13.6. The minimum atomic E-state index is -0.384. The number of carbonyl (C=O) groups is 1. The summed E-state index contributed by atoms with van der Waals surface area (Å²) in [7, 11) is 0. The Morgan fingerprint density at radius 1 is 0.886 bits per heavy atom. The maximum Gasteiger partial charge on any atom is 0.260 e. The zero-order valence-corrected chi connectivity index (χ0v) is 20.3. The van der Waals surface area contributed by atoms with Gasteiger partial charge < -0.3 is 9.80 Å². The Morgan fingerprint density at radius 2 is 1.49 bits per heavy atom. The van der Waals surface area contributed by atoms with Crippen molar-refractivity contribution in [3.8, 4) is 18.2 Å². The summed E-state index contributed by atoms with van der Waals surface area (Å²) in [6, 6.07) is 22.8. The molecule has 1 heterocycles. The number of amides is 1. The number of anilines is 1. The van der Waals surface area contributed by atoms with Gasteiger partial charge in [0.15, 0.2) is 5.57 Å². The zero-order chi connectivity index (χ0) is 25.2. The summed E-state index contributed by atoms with van der Waals surface area (Å²) in [5.74, 6) is -0.384. The van der Waals surface area contributed by atoms with Gasteiger partial charge in [0.25, 0.3) is 5.91 Å². The summed E-state index contributed by atoms with van der Waals surface area (Å²) in [6.07, 6.45) is 4.42. The Morgan fingerprint density at radius 3 is 2.00 bits per heavy atom. The Labute approximate surface area is 207 Å². The van der Waals surface area contributed by atoms with Gasteiger partial charge >= 0.3 is 0 Å². The molecule has 0 fully saturated rings. The van der Waals surface area contributed by atoms with E-state index in [4.69, 9.17) is 0 Å². The summed E-state index contributed by atoms with van der Waals surface area (Å²) >= 11 is 0. The quantitative estimate of drug-likeness (QED) is 0.420. The monoisotopic (exact) mass is 463 g/mol. The number of benzene rings is 2. The highest BCUT2D eigenvalue weighted by atomic mass is 16.2. The number of hydrogen-bond donors (Lipinski definition) is 0. The molecular weight excluding hydrogens is 434 g/mol. The SMILES string of the molecule is CCCCN(CCCC)c1ccc(C2=C(C#N)C(=C(C#N)C#N)N(Cc3ccccc3)C2=O)cc1. The van der Waals surface area contributed by atoms with Crippen LogP contribution in [0.15, 0.2) is 71.4 Å². The van der Waals surface area contributed by atoms with E-state index in [0.717, 1.165) is 50.0 Å². The molecule has 6 nitrogen and oxygen atoms in total. The number of rotatable bonds is 10. The number of unbranched alkanes of at least 4 members (excludes halogenated alkanes) is 2. The van der Waals surface area contributed by atoms with Crippen LogP contribution >= 0.6 is 0 Å². The van der Waals surface area contributed by atoms with E-state index < -0.39 is 0 Å². The summed E-state index contributed by atoms with van der Waals surface area (Å²) in [5, 5.41) is 29.1. The first-order valence-electron chi connectivity index (χ1n) is 12.0. The van der Waals surface area contributed by atoms with E-state index in [-0.39, 0.29) is 34.9 Å².